The molecular weight excluding hydrogens is 352 g/mol. The van der Waals surface area contributed by atoms with Gasteiger partial charge in [0.1, 0.15) is 11.1 Å². The molecule has 1 heterocycles. The van der Waals surface area contributed by atoms with Crippen molar-refractivity contribution in [1.29, 1.82) is 5.26 Å². The molecule has 0 aliphatic heterocycles. The first-order valence-electron chi connectivity index (χ1n) is 8.41. The summed E-state index contributed by atoms with van der Waals surface area (Å²) >= 11 is 7.64. The van der Waals surface area contributed by atoms with Crippen LogP contribution in [0.5, 0.6) is 0 Å². The molecule has 1 atom stereocenters. The molecule has 0 radical (unpaired) electrons. The standard InChI is InChI=1S/C20H21ClN2OS/c1-20(2,3)12-8-9-13-15(11-22)19(25-17(13)10-12)23-18(24)14-6-4-5-7-16(14)21/h4-7,12H,8-10H2,1-3H3,(H,23,24)/t12-/m0/s1. The van der Waals surface area contributed by atoms with Gasteiger partial charge in [0, 0.05) is 4.88 Å². The fraction of sp³-hybridized carbons (Fsp3) is 0.400. The summed E-state index contributed by atoms with van der Waals surface area (Å²) in [5.41, 5.74) is 2.40. The van der Waals surface area contributed by atoms with E-state index in [0.29, 0.717) is 27.1 Å². The molecule has 1 amide bonds. The Labute approximate surface area is 157 Å². The lowest BCUT2D eigenvalue weighted by atomic mass is 9.72. The van der Waals surface area contributed by atoms with Crippen molar-refractivity contribution < 1.29 is 4.79 Å². The molecule has 0 bridgehead atoms. The first-order chi connectivity index (χ1) is 11.8. The van der Waals surface area contributed by atoms with Crippen molar-refractivity contribution >= 4 is 33.8 Å². The molecule has 1 aliphatic rings. The van der Waals surface area contributed by atoms with Crippen molar-refractivity contribution in [2.24, 2.45) is 11.3 Å². The van der Waals surface area contributed by atoms with Gasteiger partial charge in [0.25, 0.3) is 5.91 Å². The van der Waals surface area contributed by atoms with Crippen LogP contribution in [0.1, 0.15) is 53.6 Å². The number of nitriles is 1. The highest BCUT2D eigenvalue weighted by molar-refractivity contribution is 7.16. The van der Waals surface area contributed by atoms with Crippen LogP contribution in [0.15, 0.2) is 24.3 Å². The number of amides is 1. The molecule has 0 saturated heterocycles. The minimum Gasteiger partial charge on any atom is -0.312 e. The molecule has 1 aromatic carbocycles. The van der Waals surface area contributed by atoms with Crippen LogP contribution in [-0.2, 0) is 12.8 Å². The van der Waals surface area contributed by atoms with Gasteiger partial charge in [-0.15, -0.1) is 11.3 Å². The number of nitrogens with zero attached hydrogens (tertiary/aromatic N) is 1. The zero-order valence-electron chi connectivity index (χ0n) is 14.6. The van der Waals surface area contributed by atoms with Gasteiger partial charge in [0.2, 0.25) is 0 Å². The third-order valence-electron chi connectivity index (χ3n) is 4.95. The van der Waals surface area contributed by atoms with Crippen LogP contribution in [0.4, 0.5) is 5.00 Å². The number of hydrogen-bond donors (Lipinski definition) is 1. The lowest BCUT2D eigenvalue weighted by Gasteiger charge is -2.33. The van der Waals surface area contributed by atoms with E-state index in [9.17, 15) is 10.1 Å². The van der Waals surface area contributed by atoms with Gasteiger partial charge in [-0.25, -0.2) is 0 Å². The molecule has 0 spiro atoms. The van der Waals surface area contributed by atoms with Crippen LogP contribution in [0, 0.1) is 22.7 Å². The minimum absolute atomic E-state index is 0.245. The fourth-order valence-electron chi connectivity index (χ4n) is 3.35. The molecule has 1 aromatic heterocycles. The maximum Gasteiger partial charge on any atom is 0.257 e. The fourth-order valence-corrected chi connectivity index (χ4v) is 4.84. The van der Waals surface area contributed by atoms with Gasteiger partial charge in [0.05, 0.1) is 16.1 Å². The van der Waals surface area contributed by atoms with E-state index in [1.165, 1.54) is 16.2 Å². The summed E-state index contributed by atoms with van der Waals surface area (Å²) in [6.07, 6.45) is 2.96. The lowest BCUT2D eigenvalue weighted by Crippen LogP contribution is -2.26. The number of anilines is 1. The van der Waals surface area contributed by atoms with Crippen molar-refractivity contribution in [1.82, 2.24) is 0 Å². The molecule has 2 aromatic rings. The number of rotatable bonds is 2. The second-order valence-corrected chi connectivity index (χ2v) is 9.07. The van der Waals surface area contributed by atoms with Crippen molar-refractivity contribution in [3.8, 4) is 6.07 Å². The van der Waals surface area contributed by atoms with Gasteiger partial charge in [-0.2, -0.15) is 5.26 Å². The van der Waals surface area contributed by atoms with Gasteiger partial charge < -0.3 is 5.32 Å². The van der Waals surface area contributed by atoms with Crippen molar-refractivity contribution in [2.75, 3.05) is 5.32 Å². The number of carbonyl (C=O) groups is 1. The smallest absolute Gasteiger partial charge is 0.257 e. The first kappa shape index (κ1) is 18.0. The van der Waals surface area contributed by atoms with E-state index in [2.05, 4.69) is 32.2 Å². The Morgan fingerprint density at radius 2 is 2.08 bits per heavy atom. The van der Waals surface area contributed by atoms with E-state index < -0.39 is 0 Å². The number of nitrogens with one attached hydrogen (secondary N) is 1. The summed E-state index contributed by atoms with van der Waals surface area (Å²) < 4.78 is 0. The van der Waals surface area contributed by atoms with Crippen LogP contribution in [0.3, 0.4) is 0 Å². The SMILES string of the molecule is CC(C)(C)[C@H]1CCc2c(sc(NC(=O)c3ccccc3Cl)c2C#N)C1. The van der Waals surface area contributed by atoms with Crippen LogP contribution >= 0.6 is 22.9 Å². The number of halogens is 1. The Morgan fingerprint density at radius 1 is 1.36 bits per heavy atom. The van der Waals surface area contributed by atoms with Crippen LogP contribution in [-0.4, -0.2) is 5.91 Å². The second-order valence-electron chi connectivity index (χ2n) is 7.56. The highest BCUT2D eigenvalue weighted by atomic mass is 35.5. The molecule has 1 aliphatic carbocycles. The van der Waals surface area contributed by atoms with E-state index in [-0.39, 0.29) is 11.3 Å². The van der Waals surface area contributed by atoms with Crippen LogP contribution < -0.4 is 5.32 Å². The zero-order valence-corrected chi connectivity index (χ0v) is 16.2. The van der Waals surface area contributed by atoms with E-state index in [1.807, 2.05) is 0 Å². The topological polar surface area (TPSA) is 52.9 Å². The van der Waals surface area contributed by atoms with Gasteiger partial charge in [0.15, 0.2) is 0 Å². The van der Waals surface area contributed by atoms with Crippen LogP contribution in [0.2, 0.25) is 5.02 Å². The first-order valence-corrected chi connectivity index (χ1v) is 9.61. The summed E-state index contributed by atoms with van der Waals surface area (Å²) in [4.78, 5) is 13.8. The number of thiophene rings is 1. The van der Waals surface area contributed by atoms with Gasteiger partial charge >= 0.3 is 0 Å². The number of carbonyl (C=O) groups excluding carboxylic acids is 1. The summed E-state index contributed by atoms with van der Waals surface area (Å²) in [5.74, 6) is 0.324. The Morgan fingerprint density at radius 3 is 2.72 bits per heavy atom. The lowest BCUT2D eigenvalue weighted by molar-refractivity contribution is 0.102. The summed E-state index contributed by atoms with van der Waals surface area (Å²) in [6, 6.07) is 9.23. The van der Waals surface area contributed by atoms with Crippen molar-refractivity contribution in [2.45, 2.75) is 40.0 Å². The van der Waals surface area contributed by atoms with E-state index in [0.717, 1.165) is 24.8 Å². The van der Waals surface area contributed by atoms with E-state index in [4.69, 9.17) is 11.6 Å². The molecule has 5 heteroatoms. The predicted octanol–water partition coefficient (Wildman–Crippen LogP) is 5.68. The summed E-state index contributed by atoms with van der Waals surface area (Å²) in [7, 11) is 0. The van der Waals surface area contributed by atoms with Crippen LogP contribution in [0.25, 0.3) is 0 Å². The highest BCUT2D eigenvalue weighted by Crippen LogP contribution is 2.44. The molecular formula is C20H21ClN2OS. The Bertz CT molecular complexity index is 858. The molecule has 3 nitrogen and oxygen atoms in total. The van der Waals surface area contributed by atoms with Gasteiger partial charge in [-0.1, -0.05) is 44.5 Å². The van der Waals surface area contributed by atoms with Gasteiger partial charge in [-0.05, 0) is 48.3 Å². The van der Waals surface area contributed by atoms with Crippen molar-refractivity contribution in [3.63, 3.8) is 0 Å². The molecule has 3 rings (SSSR count). The molecule has 1 N–H and O–H groups in total. The monoisotopic (exact) mass is 372 g/mol. The third-order valence-corrected chi connectivity index (χ3v) is 6.45. The van der Waals surface area contributed by atoms with E-state index in [1.54, 1.807) is 24.3 Å². The Hall–Kier alpha value is -1.83. The van der Waals surface area contributed by atoms with Crippen molar-refractivity contribution in [3.05, 3.63) is 50.9 Å². The number of hydrogen-bond acceptors (Lipinski definition) is 3. The molecule has 25 heavy (non-hydrogen) atoms. The Kier molecular flexibility index (Phi) is 4.90. The normalized spacial score (nSPS) is 16.8. The molecule has 130 valence electrons. The average Bonchev–Trinajstić information content (AvgIpc) is 2.90. The maximum atomic E-state index is 12.5. The Balaban J connectivity index is 1.89. The maximum absolute atomic E-state index is 12.5. The highest BCUT2D eigenvalue weighted by Gasteiger charge is 2.32. The third kappa shape index (κ3) is 3.58. The minimum atomic E-state index is -0.270. The zero-order chi connectivity index (χ0) is 18.2. The number of fused-ring (bicyclic) bond motifs is 1. The molecule has 0 saturated carbocycles. The number of benzene rings is 1. The average molecular weight is 373 g/mol. The molecule has 0 fully saturated rings. The van der Waals surface area contributed by atoms with E-state index >= 15 is 0 Å². The predicted molar refractivity (Wildman–Crippen MR) is 103 cm³/mol. The summed E-state index contributed by atoms with van der Waals surface area (Å²) in [5, 5.41) is 13.6. The largest absolute Gasteiger partial charge is 0.312 e. The van der Waals surface area contributed by atoms with Gasteiger partial charge in [-0.3, -0.25) is 4.79 Å². The second kappa shape index (κ2) is 6.82. The molecule has 0 unspecified atom stereocenters. The quantitative estimate of drug-likeness (QED) is 0.737. The summed E-state index contributed by atoms with van der Waals surface area (Å²) in [6.45, 7) is 6.80.